The van der Waals surface area contributed by atoms with Crippen LogP contribution in [0, 0.1) is 5.92 Å². The Kier molecular flexibility index (Phi) is 7.06. The quantitative estimate of drug-likeness (QED) is 0.714. The number of halogens is 1. The molecule has 0 aliphatic carbocycles. The molecule has 0 aromatic heterocycles. The summed E-state index contributed by atoms with van der Waals surface area (Å²) in [5.74, 6) is 0.432. The average molecular weight is 338 g/mol. The molecule has 0 spiro atoms. The second kappa shape index (κ2) is 9.04. The molecule has 126 valence electrons. The van der Waals surface area contributed by atoms with Crippen LogP contribution in [0.25, 0.3) is 0 Å². The molecule has 0 N–H and O–H groups in total. The average Bonchev–Trinajstić information content (AvgIpc) is 2.57. The maximum absolute atomic E-state index is 12.3. The first-order chi connectivity index (χ1) is 11.1. The van der Waals surface area contributed by atoms with Crippen LogP contribution in [-0.4, -0.2) is 42.9 Å². The topological polar surface area (TPSA) is 46.6 Å². The van der Waals surface area contributed by atoms with Gasteiger partial charge in [-0.25, -0.2) is 0 Å². The maximum Gasteiger partial charge on any atom is 0.223 e. The van der Waals surface area contributed by atoms with Crippen LogP contribution in [0.2, 0.25) is 5.02 Å². The van der Waals surface area contributed by atoms with Crippen LogP contribution in [-0.2, 0) is 9.53 Å². The highest BCUT2D eigenvalue weighted by Crippen LogP contribution is 2.19. The lowest BCUT2D eigenvalue weighted by Gasteiger charge is -2.32. The molecule has 1 atom stereocenters. The molecule has 1 fully saturated rings. The summed E-state index contributed by atoms with van der Waals surface area (Å²) in [6.45, 7) is 4.92. The molecule has 1 unspecified atom stereocenters. The van der Waals surface area contributed by atoms with Gasteiger partial charge in [0.15, 0.2) is 5.78 Å². The SMILES string of the molecule is CCOCC1CCCN(C(=O)CCC(=O)c2cccc(Cl)c2)C1. The van der Waals surface area contributed by atoms with Crippen LogP contribution in [0.5, 0.6) is 0 Å². The van der Waals surface area contributed by atoms with Gasteiger partial charge in [-0.2, -0.15) is 0 Å². The molecule has 1 aromatic carbocycles. The molecule has 1 heterocycles. The first-order valence-electron chi connectivity index (χ1n) is 8.24. The third-order valence-corrected chi connectivity index (χ3v) is 4.38. The number of carbonyl (C=O) groups excluding carboxylic acids is 2. The highest BCUT2D eigenvalue weighted by atomic mass is 35.5. The van der Waals surface area contributed by atoms with Crippen LogP contribution >= 0.6 is 11.6 Å². The van der Waals surface area contributed by atoms with Crippen molar-refractivity contribution in [3.63, 3.8) is 0 Å². The maximum atomic E-state index is 12.3. The minimum absolute atomic E-state index is 0.0382. The summed E-state index contributed by atoms with van der Waals surface area (Å²) < 4.78 is 5.46. The fourth-order valence-electron chi connectivity index (χ4n) is 2.90. The number of benzene rings is 1. The Hall–Kier alpha value is -1.39. The van der Waals surface area contributed by atoms with Gasteiger partial charge in [-0.3, -0.25) is 9.59 Å². The van der Waals surface area contributed by atoms with E-state index in [9.17, 15) is 9.59 Å². The number of nitrogens with zero attached hydrogens (tertiary/aromatic N) is 1. The van der Waals surface area contributed by atoms with E-state index in [1.165, 1.54) is 0 Å². The second-order valence-corrected chi connectivity index (χ2v) is 6.38. The van der Waals surface area contributed by atoms with Gasteiger partial charge in [0, 0.05) is 43.1 Å². The first-order valence-corrected chi connectivity index (χ1v) is 8.62. The predicted octanol–water partition coefficient (Wildman–Crippen LogP) is 3.58. The van der Waals surface area contributed by atoms with Crippen LogP contribution in [0.3, 0.4) is 0 Å². The molecule has 1 aliphatic heterocycles. The van der Waals surface area contributed by atoms with Crippen molar-refractivity contribution in [2.45, 2.75) is 32.6 Å². The fourth-order valence-corrected chi connectivity index (χ4v) is 3.09. The molecule has 2 rings (SSSR count). The molecular weight excluding hydrogens is 314 g/mol. The third kappa shape index (κ3) is 5.63. The molecule has 1 aliphatic rings. The minimum Gasteiger partial charge on any atom is -0.381 e. The Morgan fingerprint density at radius 2 is 2.17 bits per heavy atom. The van der Waals surface area contributed by atoms with E-state index in [0.717, 1.165) is 25.9 Å². The Morgan fingerprint density at radius 3 is 2.91 bits per heavy atom. The normalized spacial score (nSPS) is 18.0. The number of piperidine rings is 1. The van der Waals surface area contributed by atoms with Crippen LogP contribution in [0.1, 0.15) is 43.0 Å². The van der Waals surface area contributed by atoms with Gasteiger partial charge >= 0.3 is 0 Å². The molecule has 5 heteroatoms. The number of ketones is 1. The Balaban J connectivity index is 1.81. The Morgan fingerprint density at radius 1 is 1.35 bits per heavy atom. The van der Waals surface area contributed by atoms with Crippen molar-refractivity contribution >= 4 is 23.3 Å². The standard InChI is InChI=1S/C18H24ClNO3/c1-2-23-13-14-5-4-10-20(12-14)18(22)9-8-17(21)15-6-3-7-16(19)11-15/h3,6-7,11,14H,2,4-5,8-10,12-13H2,1H3. The van der Waals surface area contributed by atoms with Crippen LogP contribution in [0.4, 0.5) is 0 Å². The van der Waals surface area contributed by atoms with Crippen molar-refractivity contribution in [1.82, 2.24) is 4.90 Å². The Bertz CT molecular complexity index is 547. The predicted molar refractivity (Wildman–Crippen MR) is 90.8 cm³/mol. The fraction of sp³-hybridized carbons (Fsp3) is 0.556. The van der Waals surface area contributed by atoms with E-state index in [4.69, 9.17) is 16.3 Å². The number of hydrogen-bond donors (Lipinski definition) is 0. The molecule has 4 nitrogen and oxygen atoms in total. The highest BCUT2D eigenvalue weighted by Gasteiger charge is 2.24. The number of carbonyl (C=O) groups is 2. The summed E-state index contributed by atoms with van der Waals surface area (Å²) in [5.41, 5.74) is 0.568. The zero-order valence-corrected chi connectivity index (χ0v) is 14.3. The van der Waals surface area contributed by atoms with Crippen molar-refractivity contribution in [3.05, 3.63) is 34.9 Å². The summed E-state index contributed by atoms with van der Waals surface area (Å²) in [6, 6.07) is 6.86. The van der Waals surface area contributed by atoms with Gasteiger partial charge < -0.3 is 9.64 Å². The second-order valence-electron chi connectivity index (χ2n) is 5.94. The third-order valence-electron chi connectivity index (χ3n) is 4.14. The molecule has 0 bridgehead atoms. The summed E-state index contributed by atoms with van der Waals surface area (Å²) in [4.78, 5) is 26.3. The lowest BCUT2D eigenvalue weighted by Crippen LogP contribution is -2.41. The van der Waals surface area contributed by atoms with Gasteiger partial charge in [0.05, 0.1) is 6.61 Å². The number of amides is 1. The van der Waals surface area contributed by atoms with E-state index >= 15 is 0 Å². The molecule has 0 saturated carbocycles. The van der Waals surface area contributed by atoms with E-state index in [1.54, 1.807) is 24.3 Å². The minimum atomic E-state index is -0.0382. The molecule has 1 aromatic rings. The molecule has 1 saturated heterocycles. The first kappa shape index (κ1) is 18.0. The lowest BCUT2D eigenvalue weighted by molar-refractivity contribution is -0.133. The number of hydrogen-bond acceptors (Lipinski definition) is 3. The van der Waals surface area contributed by atoms with Crippen molar-refractivity contribution < 1.29 is 14.3 Å². The van der Waals surface area contributed by atoms with E-state index in [-0.39, 0.29) is 24.5 Å². The summed E-state index contributed by atoms with van der Waals surface area (Å²) in [7, 11) is 0. The van der Waals surface area contributed by atoms with Gasteiger partial charge in [-0.05, 0) is 37.8 Å². The van der Waals surface area contributed by atoms with Crippen molar-refractivity contribution in [2.24, 2.45) is 5.92 Å². The van der Waals surface area contributed by atoms with Crippen molar-refractivity contribution in [2.75, 3.05) is 26.3 Å². The van der Waals surface area contributed by atoms with Gasteiger partial charge in [0.25, 0.3) is 0 Å². The summed E-state index contributed by atoms with van der Waals surface area (Å²) in [6.07, 6.45) is 2.59. The zero-order valence-electron chi connectivity index (χ0n) is 13.6. The number of Topliss-reactive ketones (excluding diaryl/α,β-unsaturated/α-hetero) is 1. The van der Waals surface area contributed by atoms with Gasteiger partial charge in [0.1, 0.15) is 0 Å². The number of ether oxygens (including phenoxy) is 1. The van der Waals surface area contributed by atoms with Gasteiger partial charge in [-0.1, -0.05) is 23.7 Å². The Labute approximate surface area is 142 Å². The number of rotatable bonds is 7. The van der Waals surface area contributed by atoms with E-state index in [2.05, 4.69) is 0 Å². The zero-order chi connectivity index (χ0) is 16.7. The van der Waals surface area contributed by atoms with Crippen LogP contribution in [0.15, 0.2) is 24.3 Å². The largest absolute Gasteiger partial charge is 0.381 e. The monoisotopic (exact) mass is 337 g/mol. The van der Waals surface area contributed by atoms with Gasteiger partial charge in [-0.15, -0.1) is 0 Å². The highest BCUT2D eigenvalue weighted by molar-refractivity contribution is 6.31. The summed E-state index contributed by atoms with van der Waals surface area (Å²) >= 11 is 5.89. The van der Waals surface area contributed by atoms with E-state index in [1.807, 2.05) is 11.8 Å². The molecule has 23 heavy (non-hydrogen) atoms. The smallest absolute Gasteiger partial charge is 0.223 e. The summed E-state index contributed by atoms with van der Waals surface area (Å²) in [5, 5.41) is 0.539. The van der Waals surface area contributed by atoms with E-state index in [0.29, 0.717) is 29.7 Å². The van der Waals surface area contributed by atoms with E-state index < -0.39 is 0 Å². The molecule has 1 amide bonds. The van der Waals surface area contributed by atoms with Crippen molar-refractivity contribution in [3.8, 4) is 0 Å². The van der Waals surface area contributed by atoms with Gasteiger partial charge in [0.2, 0.25) is 5.91 Å². The molecule has 0 radical (unpaired) electrons. The molecular formula is C18H24ClNO3. The van der Waals surface area contributed by atoms with Crippen LogP contribution < -0.4 is 0 Å². The number of likely N-dealkylation sites (tertiary alicyclic amines) is 1. The van der Waals surface area contributed by atoms with Crippen molar-refractivity contribution in [1.29, 1.82) is 0 Å². The lowest BCUT2D eigenvalue weighted by atomic mass is 9.98.